The van der Waals surface area contributed by atoms with Crippen LogP contribution in [-0.2, 0) is 9.47 Å². The second-order valence-corrected chi connectivity index (χ2v) is 5.66. The lowest BCUT2D eigenvalue weighted by molar-refractivity contribution is -0.107. The molecular weight excluding hydrogens is 352 g/mol. The zero-order chi connectivity index (χ0) is 20.0. The van der Waals surface area contributed by atoms with Crippen molar-refractivity contribution >= 4 is 0 Å². The van der Waals surface area contributed by atoms with Crippen molar-refractivity contribution in [3.63, 3.8) is 0 Å². The molecular formula is C20H26O7. The fourth-order valence-electron chi connectivity index (χ4n) is 2.90. The zero-order valence-electron chi connectivity index (χ0n) is 16.4. The Balaban J connectivity index is 2.60. The number of rotatable bonds is 9. The van der Waals surface area contributed by atoms with E-state index >= 15 is 0 Å². The van der Waals surface area contributed by atoms with Crippen molar-refractivity contribution in [2.45, 2.75) is 12.4 Å². The van der Waals surface area contributed by atoms with Crippen LogP contribution in [0.4, 0.5) is 0 Å². The Bertz CT molecular complexity index is 756. The van der Waals surface area contributed by atoms with Gasteiger partial charge in [-0.05, 0) is 35.4 Å². The van der Waals surface area contributed by atoms with Gasteiger partial charge in [0.1, 0.15) is 6.10 Å². The molecule has 0 saturated carbocycles. The average Bonchev–Trinajstić information content (AvgIpc) is 2.72. The van der Waals surface area contributed by atoms with E-state index < -0.39 is 12.4 Å². The predicted molar refractivity (Wildman–Crippen MR) is 99.9 cm³/mol. The highest BCUT2D eigenvalue weighted by molar-refractivity contribution is 5.52. The summed E-state index contributed by atoms with van der Waals surface area (Å²) in [6.07, 6.45) is -1.66. The van der Waals surface area contributed by atoms with Crippen LogP contribution in [0.3, 0.4) is 0 Å². The van der Waals surface area contributed by atoms with E-state index in [9.17, 15) is 5.11 Å². The van der Waals surface area contributed by atoms with E-state index in [0.29, 0.717) is 39.7 Å². The molecule has 0 saturated heterocycles. The summed E-state index contributed by atoms with van der Waals surface area (Å²) < 4.78 is 32.1. The normalized spacial score (nSPS) is 12.0. The van der Waals surface area contributed by atoms with Crippen LogP contribution in [0.5, 0.6) is 23.0 Å². The number of hydrogen-bond acceptors (Lipinski definition) is 7. The van der Waals surface area contributed by atoms with Crippen molar-refractivity contribution in [2.75, 3.05) is 42.7 Å². The Hall–Kier alpha value is -2.48. The minimum atomic E-state index is -0.979. The molecule has 7 nitrogen and oxygen atoms in total. The Morgan fingerprint density at radius 3 is 1.59 bits per heavy atom. The molecule has 2 aromatic carbocycles. The van der Waals surface area contributed by atoms with Crippen LogP contribution in [0, 0.1) is 0 Å². The van der Waals surface area contributed by atoms with E-state index in [1.54, 1.807) is 51.7 Å². The van der Waals surface area contributed by atoms with Crippen molar-refractivity contribution in [3.05, 3.63) is 47.0 Å². The monoisotopic (exact) mass is 378 g/mol. The molecule has 0 bridgehead atoms. The molecule has 1 unspecified atom stereocenters. The number of methoxy groups -OCH3 is 6. The topological polar surface area (TPSA) is 75.6 Å². The quantitative estimate of drug-likeness (QED) is 0.672. The van der Waals surface area contributed by atoms with Crippen molar-refractivity contribution < 1.29 is 33.5 Å². The lowest BCUT2D eigenvalue weighted by Crippen LogP contribution is -2.12. The summed E-state index contributed by atoms with van der Waals surface area (Å²) in [4.78, 5) is 0. The van der Waals surface area contributed by atoms with Gasteiger partial charge in [0, 0.05) is 19.8 Å². The largest absolute Gasteiger partial charge is 0.493 e. The molecule has 1 atom stereocenters. The van der Waals surface area contributed by atoms with Crippen LogP contribution >= 0.6 is 0 Å². The number of ether oxygens (including phenoxy) is 6. The highest BCUT2D eigenvalue weighted by atomic mass is 16.7. The first-order valence-electron chi connectivity index (χ1n) is 8.25. The highest BCUT2D eigenvalue weighted by Crippen LogP contribution is 2.40. The summed E-state index contributed by atoms with van der Waals surface area (Å²) in [5.41, 5.74) is 1.81. The molecule has 7 heteroatoms. The molecule has 0 aliphatic carbocycles. The first-order chi connectivity index (χ1) is 13.0. The molecule has 0 aliphatic heterocycles. The van der Waals surface area contributed by atoms with Gasteiger partial charge < -0.3 is 33.5 Å². The maximum Gasteiger partial charge on any atom is 0.183 e. The van der Waals surface area contributed by atoms with Gasteiger partial charge in [0.15, 0.2) is 29.3 Å². The number of benzene rings is 2. The van der Waals surface area contributed by atoms with Gasteiger partial charge in [-0.1, -0.05) is 6.07 Å². The van der Waals surface area contributed by atoms with E-state index in [1.165, 1.54) is 21.3 Å². The molecule has 0 spiro atoms. The van der Waals surface area contributed by atoms with Crippen molar-refractivity contribution in [1.82, 2.24) is 0 Å². The van der Waals surface area contributed by atoms with Crippen molar-refractivity contribution in [2.24, 2.45) is 0 Å². The van der Waals surface area contributed by atoms with Gasteiger partial charge >= 0.3 is 0 Å². The molecule has 2 rings (SSSR count). The Morgan fingerprint density at radius 1 is 0.630 bits per heavy atom. The van der Waals surface area contributed by atoms with Crippen LogP contribution in [0.2, 0.25) is 0 Å². The van der Waals surface area contributed by atoms with Crippen LogP contribution in [-0.4, -0.2) is 47.8 Å². The summed E-state index contributed by atoms with van der Waals surface area (Å²) in [6.45, 7) is 0. The molecule has 0 fully saturated rings. The molecule has 0 amide bonds. The molecule has 0 aliphatic rings. The summed E-state index contributed by atoms with van der Waals surface area (Å²) in [7, 11) is 9.23. The van der Waals surface area contributed by atoms with E-state index in [4.69, 9.17) is 28.4 Å². The summed E-state index contributed by atoms with van der Waals surface area (Å²) in [6, 6.07) is 8.66. The van der Waals surface area contributed by atoms with Gasteiger partial charge in [-0.25, -0.2) is 0 Å². The van der Waals surface area contributed by atoms with Gasteiger partial charge in [0.25, 0.3) is 0 Å². The Kier molecular flexibility index (Phi) is 7.29. The lowest BCUT2D eigenvalue weighted by atomic mass is 9.95. The van der Waals surface area contributed by atoms with Crippen LogP contribution in [0.25, 0.3) is 0 Å². The second kappa shape index (κ2) is 9.45. The first kappa shape index (κ1) is 20.8. The molecule has 0 heterocycles. The second-order valence-electron chi connectivity index (χ2n) is 5.66. The number of hydrogen-bond donors (Lipinski definition) is 1. The van der Waals surface area contributed by atoms with E-state index in [1.807, 2.05) is 0 Å². The van der Waals surface area contributed by atoms with E-state index in [0.717, 1.165) is 0 Å². The van der Waals surface area contributed by atoms with Gasteiger partial charge in [-0.2, -0.15) is 0 Å². The predicted octanol–water partition coefficient (Wildman–Crippen LogP) is 3.09. The Labute approximate surface area is 159 Å². The molecule has 0 aromatic heterocycles. The third-order valence-electron chi connectivity index (χ3n) is 4.29. The number of aliphatic hydroxyl groups excluding tert-OH is 1. The minimum Gasteiger partial charge on any atom is -0.493 e. The first-order valence-corrected chi connectivity index (χ1v) is 8.25. The van der Waals surface area contributed by atoms with Gasteiger partial charge in [0.2, 0.25) is 0 Å². The van der Waals surface area contributed by atoms with Crippen LogP contribution in [0.15, 0.2) is 30.3 Å². The fraction of sp³-hybridized carbons (Fsp3) is 0.400. The third-order valence-corrected chi connectivity index (χ3v) is 4.29. The van der Waals surface area contributed by atoms with Crippen LogP contribution < -0.4 is 18.9 Å². The third kappa shape index (κ3) is 4.27. The Morgan fingerprint density at radius 2 is 1.11 bits per heavy atom. The molecule has 1 N–H and O–H groups in total. The summed E-state index contributed by atoms with van der Waals surface area (Å²) >= 11 is 0. The molecule has 27 heavy (non-hydrogen) atoms. The molecule has 0 radical (unpaired) electrons. The van der Waals surface area contributed by atoms with Crippen molar-refractivity contribution in [1.29, 1.82) is 0 Å². The lowest BCUT2D eigenvalue weighted by Gasteiger charge is -2.23. The smallest absolute Gasteiger partial charge is 0.183 e. The maximum atomic E-state index is 11.1. The molecule has 2 aromatic rings. The van der Waals surface area contributed by atoms with Gasteiger partial charge in [-0.15, -0.1) is 0 Å². The SMILES string of the molecule is COc1ccc(C(O)c2cc(OC)c(OC)cc2C(OC)OC)cc1OC. The van der Waals surface area contributed by atoms with Crippen molar-refractivity contribution in [3.8, 4) is 23.0 Å². The number of aliphatic hydroxyl groups is 1. The average molecular weight is 378 g/mol. The zero-order valence-corrected chi connectivity index (χ0v) is 16.4. The maximum absolute atomic E-state index is 11.1. The standard InChI is InChI=1S/C20H26O7/c1-22-15-8-7-12(9-16(15)23-2)19(21)13-10-17(24-3)18(25-4)11-14(13)20(26-5)27-6/h7-11,19-21H,1-6H3. The van der Waals surface area contributed by atoms with Gasteiger partial charge in [0.05, 0.1) is 28.4 Å². The van der Waals surface area contributed by atoms with E-state index in [-0.39, 0.29) is 0 Å². The molecule has 148 valence electrons. The summed E-state index contributed by atoms with van der Waals surface area (Å²) in [5.74, 6) is 2.09. The fourth-order valence-corrected chi connectivity index (χ4v) is 2.90. The highest BCUT2D eigenvalue weighted by Gasteiger charge is 2.24. The summed E-state index contributed by atoms with van der Waals surface area (Å²) in [5, 5.41) is 11.1. The van der Waals surface area contributed by atoms with E-state index in [2.05, 4.69) is 0 Å². The van der Waals surface area contributed by atoms with Gasteiger partial charge in [-0.3, -0.25) is 0 Å². The minimum absolute atomic E-state index is 0.488. The van der Waals surface area contributed by atoms with Crippen LogP contribution in [0.1, 0.15) is 29.1 Å².